The van der Waals surface area contributed by atoms with Gasteiger partial charge in [-0.05, 0) is 49.4 Å². The number of rotatable bonds is 3. The van der Waals surface area contributed by atoms with Crippen molar-refractivity contribution in [1.82, 2.24) is 15.2 Å². The van der Waals surface area contributed by atoms with E-state index in [0.29, 0.717) is 5.92 Å². The molecule has 3 aromatic rings. The number of thiophene rings is 1. The molecule has 0 saturated carbocycles. The van der Waals surface area contributed by atoms with E-state index < -0.39 is 0 Å². The van der Waals surface area contributed by atoms with Crippen LogP contribution in [0.4, 0.5) is 4.79 Å². The number of benzene rings is 1. The molecule has 6 heteroatoms. The molecule has 2 N–H and O–H groups in total. The molecule has 1 fully saturated rings. The van der Waals surface area contributed by atoms with Gasteiger partial charge in [0, 0.05) is 35.1 Å². The van der Waals surface area contributed by atoms with E-state index in [2.05, 4.69) is 40.6 Å². The van der Waals surface area contributed by atoms with Gasteiger partial charge in [-0.15, -0.1) is 11.3 Å². The Morgan fingerprint density at radius 1 is 1.27 bits per heavy atom. The Hall–Kier alpha value is -1.98. The van der Waals surface area contributed by atoms with Crippen LogP contribution in [0.15, 0.2) is 42.5 Å². The van der Waals surface area contributed by atoms with Crippen LogP contribution in [0.1, 0.15) is 42.3 Å². The fraction of sp³-hybridized carbons (Fsp3) is 0.350. The van der Waals surface area contributed by atoms with E-state index in [1.165, 1.54) is 27.9 Å². The van der Waals surface area contributed by atoms with Gasteiger partial charge in [0.1, 0.15) is 0 Å². The quantitative estimate of drug-likeness (QED) is 0.609. The first-order chi connectivity index (χ1) is 12.6. The molecule has 3 heterocycles. The molecule has 4 rings (SSSR count). The molecule has 0 spiro atoms. The van der Waals surface area contributed by atoms with E-state index in [0.717, 1.165) is 35.1 Å². The van der Waals surface area contributed by atoms with E-state index in [1.807, 2.05) is 24.0 Å². The van der Waals surface area contributed by atoms with Gasteiger partial charge in [-0.25, -0.2) is 4.79 Å². The third-order valence-electron chi connectivity index (χ3n) is 5.13. The van der Waals surface area contributed by atoms with E-state index in [4.69, 9.17) is 11.6 Å². The Kier molecular flexibility index (Phi) is 4.92. The summed E-state index contributed by atoms with van der Waals surface area (Å²) in [5.41, 5.74) is 2.47. The van der Waals surface area contributed by atoms with E-state index >= 15 is 0 Å². The van der Waals surface area contributed by atoms with Crippen molar-refractivity contribution in [3.8, 4) is 0 Å². The molecule has 4 nitrogen and oxygen atoms in total. The molecule has 1 aliphatic rings. The van der Waals surface area contributed by atoms with Crippen molar-refractivity contribution in [3.05, 3.63) is 57.4 Å². The number of piperidine rings is 1. The maximum Gasteiger partial charge on any atom is 0.317 e. The number of fused-ring (bicyclic) bond motifs is 1. The predicted octanol–water partition coefficient (Wildman–Crippen LogP) is 5.53. The molecule has 0 aliphatic carbocycles. The second-order valence-electron chi connectivity index (χ2n) is 6.89. The number of para-hydroxylation sites is 1. The second kappa shape index (κ2) is 7.33. The van der Waals surface area contributed by atoms with Crippen molar-refractivity contribution >= 4 is 39.9 Å². The molecule has 1 aliphatic heterocycles. The largest absolute Gasteiger partial charge is 0.358 e. The summed E-state index contributed by atoms with van der Waals surface area (Å²) in [5, 5.41) is 4.34. The Morgan fingerprint density at radius 3 is 2.73 bits per heavy atom. The lowest BCUT2D eigenvalue weighted by Crippen LogP contribution is -2.44. The monoisotopic (exact) mass is 387 g/mol. The van der Waals surface area contributed by atoms with Gasteiger partial charge in [-0.3, -0.25) is 0 Å². The summed E-state index contributed by atoms with van der Waals surface area (Å²) >= 11 is 7.50. The lowest BCUT2D eigenvalue weighted by Gasteiger charge is -2.32. The zero-order valence-electron chi connectivity index (χ0n) is 14.7. The number of hydrogen-bond acceptors (Lipinski definition) is 2. The van der Waals surface area contributed by atoms with Crippen LogP contribution in [0, 0.1) is 0 Å². The maximum absolute atomic E-state index is 12.6. The molecule has 26 heavy (non-hydrogen) atoms. The highest BCUT2D eigenvalue weighted by Crippen LogP contribution is 2.30. The Balaban J connectivity index is 1.34. The molecule has 1 saturated heterocycles. The number of nitrogens with one attached hydrogen (secondary N) is 2. The van der Waals surface area contributed by atoms with Crippen molar-refractivity contribution in [1.29, 1.82) is 0 Å². The standard InChI is InChI=1S/C20H22ClN3OS/c1-13(18-6-7-19(21)26-18)22-20(25)24-10-8-14(9-11-24)17-12-15-4-2-3-5-16(15)23-17/h2-7,12-14,23H,8-11H2,1H3,(H,22,25). The minimum Gasteiger partial charge on any atom is -0.358 e. The maximum atomic E-state index is 12.6. The van der Waals surface area contributed by atoms with Gasteiger partial charge in [-0.1, -0.05) is 29.8 Å². The Morgan fingerprint density at radius 2 is 2.04 bits per heavy atom. The highest BCUT2D eigenvalue weighted by atomic mass is 35.5. The van der Waals surface area contributed by atoms with Gasteiger partial charge in [0.2, 0.25) is 0 Å². The van der Waals surface area contributed by atoms with Gasteiger partial charge >= 0.3 is 6.03 Å². The number of urea groups is 1. The molecule has 0 bridgehead atoms. The SMILES string of the molecule is CC(NC(=O)N1CCC(c2cc3ccccc3[nH]2)CC1)c1ccc(Cl)s1. The zero-order valence-corrected chi connectivity index (χ0v) is 16.2. The Bertz CT molecular complexity index is 878. The molecule has 1 unspecified atom stereocenters. The van der Waals surface area contributed by atoms with Gasteiger partial charge in [0.05, 0.1) is 10.4 Å². The van der Waals surface area contributed by atoms with Crippen LogP contribution in [0.5, 0.6) is 0 Å². The number of H-pyrrole nitrogens is 1. The van der Waals surface area contributed by atoms with Crippen molar-refractivity contribution in [2.24, 2.45) is 0 Å². The third kappa shape index (κ3) is 3.60. The molecule has 1 aromatic carbocycles. The summed E-state index contributed by atoms with van der Waals surface area (Å²) in [4.78, 5) is 19.1. The number of carbonyl (C=O) groups is 1. The van der Waals surface area contributed by atoms with Crippen LogP contribution in [0.2, 0.25) is 4.34 Å². The van der Waals surface area contributed by atoms with Gasteiger partial charge in [0.25, 0.3) is 0 Å². The van der Waals surface area contributed by atoms with Gasteiger partial charge in [-0.2, -0.15) is 0 Å². The van der Waals surface area contributed by atoms with Crippen molar-refractivity contribution in [3.63, 3.8) is 0 Å². The number of hydrogen-bond donors (Lipinski definition) is 2. The van der Waals surface area contributed by atoms with Crippen molar-refractivity contribution < 1.29 is 4.79 Å². The number of aromatic nitrogens is 1. The van der Waals surface area contributed by atoms with E-state index in [-0.39, 0.29) is 12.1 Å². The number of halogens is 1. The molecular weight excluding hydrogens is 366 g/mol. The van der Waals surface area contributed by atoms with Crippen molar-refractivity contribution in [2.75, 3.05) is 13.1 Å². The van der Waals surface area contributed by atoms with Crippen LogP contribution >= 0.6 is 22.9 Å². The first-order valence-corrected chi connectivity index (χ1v) is 10.2. The lowest BCUT2D eigenvalue weighted by atomic mass is 9.94. The van der Waals surface area contributed by atoms with E-state index in [1.54, 1.807) is 0 Å². The van der Waals surface area contributed by atoms with Crippen molar-refractivity contribution in [2.45, 2.75) is 31.7 Å². The van der Waals surface area contributed by atoms with Crippen LogP contribution in [-0.4, -0.2) is 29.0 Å². The summed E-state index contributed by atoms with van der Waals surface area (Å²) in [6, 6.07) is 14.4. The highest BCUT2D eigenvalue weighted by molar-refractivity contribution is 7.16. The molecule has 136 valence electrons. The molecule has 2 amide bonds. The number of aromatic amines is 1. The fourth-order valence-corrected chi connectivity index (χ4v) is 4.68. The van der Waals surface area contributed by atoms with Crippen LogP contribution < -0.4 is 5.32 Å². The second-order valence-corrected chi connectivity index (χ2v) is 8.63. The number of likely N-dealkylation sites (tertiary alicyclic amines) is 1. The summed E-state index contributed by atoms with van der Waals surface area (Å²) in [7, 11) is 0. The smallest absolute Gasteiger partial charge is 0.317 e. The van der Waals surface area contributed by atoms with Gasteiger partial charge < -0.3 is 15.2 Å². The minimum atomic E-state index is -0.0218. The predicted molar refractivity (Wildman–Crippen MR) is 108 cm³/mol. The third-order valence-corrected chi connectivity index (χ3v) is 6.55. The van der Waals surface area contributed by atoms with E-state index in [9.17, 15) is 4.79 Å². The average molecular weight is 388 g/mol. The van der Waals surface area contributed by atoms with Crippen LogP contribution in [-0.2, 0) is 0 Å². The molecule has 0 radical (unpaired) electrons. The topological polar surface area (TPSA) is 48.1 Å². The summed E-state index contributed by atoms with van der Waals surface area (Å²) in [6.07, 6.45) is 1.97. The number of nitrogens with zero attached hydrogens (tertiary/aromatic N) is 1. The first kappa shape index (κ1) is 17.4. The number of carbonyl (C=O) groups excluding carboxylic acids is 1. The number of amides is 2. The lowest BCUT2D eigenvalue weighted by molar-refractivity contribution is 0.178. The normalized spacial score (nSPS) is 16.8. The molecule has 2 aromatic heterocycles. The summed E-state index contributed by atoms with van der Waals surface area (Å²) in [6.45, 7) is 3.56. The average Bonchev–Trinajstić information content (AvgIpc) is 3.28. The first-order valence-electron chi connectivity index (χ1n) is 8.98. The van der Waals surface area contributed by atoms with Gasteiger partial charge in [0.15, 0.2) is 0 Å². The summed E-state index contributed by atoms with van der Waals surface area (Å²) in [5.74, 6) is 0.486. The summed E-state index contributed by atoms with van der Waals surface area (Å²) < 4.78 is 0.750. The van der Waals surface area contributed by atoms with Crippen LogP contribution in [0.25, 0.3) is 10.9 Å². The van der Waals surface area contributed by atoms with Crippen LogP contribution in [0.3, 0.4) is 0 Å². The minimum absolute atomic E-state index is 0.0112. The fourth-order valence-electron chi connectivity index (χ4n) is 3.62. The zero-order chi connectivity index (χ0) is 18.1. The highest BCUT2D eigenvalue weighted by Gasteiger charge is 2.25. The molecule has 1 atom stereocenters. The molecular formula is C20H22ClN3OS. The Labute approximate surface area is 162 Å².